The molecule has 0 aliphatic heterocycles. The number of benzene rings is 6. The van der Waals surface area contributed by atoms with Crippen LogP contribution in [0.5, 0.6) is 0 Å². The molecule has 18 nitrogen and oxygen atoms in total. The lowest BCUT2D eigenvalue weighted by atomic mass is 9.92. The van der Waals surface area contributed by atoms with Crippen molar-refractivity contribution in [3.05, 3.63) is 191 Å². The summed E-state index contributed by atoms with van der Waals surface area (Å²) in [4.78, 5) is 77.0. The summed E-state index contributed by atoms with van der Waals surface area (Å²) in [6.45, 7) is 8.94. The molecule has 0 saturated heterocycles. The van der Waals surface area contributed by atoms with Crippen molar-refractivity contribution in [3.8, 4) is 0 Å². The van der Waals surface area contributed by atoms with E-state index in [9.17, 15) is 146 Å². The summed E-state index contributed by atoms with van der Waals surface area (Å²) in [5.41, 5.74) is -24.9. The molecule has 6 amide bonds. The lowest BCUT2D eigenvalue weighted by Gasteiger charge is -2.30. The highest BCUT2D eigenvalue weighted by molar-refractivity contribution is 9.10. The number of carbonyl (C=O) groups is 6. The van der Waals surface area contributed by atoms with Crippen LogP contribution in [0.1, 0.15) is 122 Å². The maximum Gasteiger partial charge on any atom is 0.435 e. The van der Waals surface area contributed by atoms with Gasteiger partial charge in [0.05, 0.1) is 55.7 Å². The molecule has 0 aliphatic carbocycles. The zero-order chi connectivity index (χ0) is 85.7. The number of sulfone groups is 3. The first-order chi connectivity index (χ1) is 50.1. The number of rotatable bonds is 21. The number of halogens is 23. The monoisotopic (exact) mass is 1750 g/mol. The van der Waals surface area contributed by atoms with Gasteiger partial charge in [-0.1, -0.05) is 72.3 Å². The molecule has 44 heteroatoms. The van der Waals surface area contributed by atoms with E-state index < -0.39 is 160 Å². The number of carbonyl (C=O) groups excluding carboxylic acids is 6. The Bertz CT molecular complexity index is 4370. The summed E-state index contributed by atoms with van der Waals surface area (Å²) in [7, 11) is -10.3. The maximum absolute atomic E-state index is 14.4. The Kier molecular flexibility index (Phi) is 29.6. The van der Waals surface area contributed by atoms with Crippen molar-refractivity contribution in [2.45, 2.75) is 121 Å². The van der Waals surface area contributed by atoms with Crippen LogP contribution in [0.4, 0.5) is 109 Å². The third-order valence-electron chi connectivity index (χ3n) is 15.5. The Morgan fingerprint density at radius 3 is 0.865 bits per heavy atom. The molecule has 0 aliphatic rings. The van der Waals surface area contributed by atoms with E-state index in [1.54, 1.807) is 0 Å². The first-order valence-electron chi connectivity index (χ1n) is 30.9. The Labute approximate surface area is 632 Å². The minimum atomic E-state index is -6.31. The van der Waals surface area contributed by atoms with Gasteiger partial charge in [0.1, 0.15) is 29.5 Å². The first kappa shape index (κ1) is 94.7. The summed E-state index contributed by atoms with van der Waals surface area (Å²) < 4.78 is 347. The van der Waals surface area contributed by atoms with Gasteiger partial charge < -0.3 is 31.9 Å². The van der Waals surface area contributed by atoms with Crippen LogP contribution in [0.3, 0.4) is 0 Å². The average Bonchev–Trinajstić information content (AvgIpc) is 0.752. The fourth-order valence-electron chi connectivity index (χ4n) is 10.5. The highest BCUT2D eigenvalue weighted by Gasteiger charge is 2.75. The molecule has 0 radical (unpaired) electrons. The van der Waals surface area contributed by atoms with Crippen LogP contribution in [0.15, 0.2) is 114 Å². The third-order valence-corrected chi connectivity index (χ3v) is 19.8. The summed E-state index contributed by atoms with van der Waals surface area (Å²) in [6.07, 6.45) is -34.9. The summed E-state index contributed by atoms with van der Waals surface area (Å²) in [5.74, 6) is -6.58. The summed E-state index contributed by atoms with van der Waals surface area (Å²) in [5, 5.41) is 13.9. The first-order valence-corrected chi connectivity index (χ1v) is 38.3. The summed E-state index contributed by atoms with van der Waals surface area (Å²) >= 11 is 9.18. The number of amides is 6. The zero-order valence-electron chi connectivity index (χ0n) is 58.6. The van der Waals surface area contributed by atoms with Gasteiger partial charge in [-0.25, -0.2) is 38.4 Å². The van der Waals surface area contributed by atoms with Crippen LogP contribution >= 0.6 is 27.5 Å². The van der Waals surface area contributed by atoms with Gasteiger partial charge in [0.15, 0.2) is 0 Å². The van der Waals surface area contributed by atoms with Crippen molar-refractivity contribution in [1.29, 1.82) is 0 Å². The second-order valence-electron chi connectivity index (χ2n) is 25.1. The highest BCUT2D eigenvalue weighted by atomic mass is 79.9. The molecule has 0 spiro atoms. The summed E-state index contributed by atoms with van der Waals surface area (Å²) in [6, 6.07) is 13.2. The van der Waals surface area contributed by atoms with Crippen molar-refractivity contribution < 1.29 is 146 Å². The highest BCUT2D eigenvalue weighted by Crippen LogP contribution is 2.56. The van der Waals surface area contributed by atoms with Crippen molar-refractivity contribution in [2.24, 2.45) is 0 Å². The molecule has 0 unspecified atom stereocenters. The molecule has 612 valence electrons. The molecule has 0 aromatic heterocycles. The van der Waals surface area contributed by atoms with E-state index in [1.165, 1.54) is 82.3 Å². The van der Waals surface area contributed by atoms with Crippen molar-refractivity contribution in [1.82, 2.24) is 16.0 Å². The van der Waals surface area contributed by atoms with E-state index in [1.807, 2.05) is 0 Å². The molecule has 3 atom stereocenters. The molecule has 0 heterocycles. The standard InChI is InChI=1S/C23H23F7N2O4S.C22H20BrF7N2O4S.C22H20ClF7N2O4S/c1-12-6-5-7-16(18(12)20(34)31-14(3)11-37(4,35)36)19(33)32-17-9-8-15(10-13(17)2)21(24,22(25,26)27)23(28,29)30;2*1-11-9-13(20(24,21(25,26)27)22(28,29)30)7-8-16(11)32-18(33)14-5-4-6-15(23)17(14)19(34)31-12(2)10-37(3,35)36/h5-10,14H,11H2,1-4H3,(H,31,34)(H,32,33);2*4-9,12H,10H2,1-3H3,(H,31,34)(H,32,33)/t14-;2*12-/m000/s1. The number of hydrogen-bond acceptors (Lipinski definition) is 12. The van der Waals surface area contributed by atoms with Gasteiger partial charge >= 0.3 is 54.1 Å². The van der Waals surface area contributed by atoms with Crippen molar-refractivity contribution >= 4 is 110 Å². The lowest BCUT2D eigenvalue weighted by molar-refractivity contribution is -0.349. The molecule has 6 N–H and O–H groups in total. The molecular weight excluding hydrogens is 1690 g/mol. The molecule has 0 bridgehead atoms. The SMILES string of the molecule is Cc1cc(C(F)(C(F)(F)F)C(F)(F)F)ccc1NC(=O)c1cccc(Br)c1C(=O)N[C@@H](C)CS(C)(=O)=O.Cc1cc(C(F)(C(F)(F)F)C(F)(F)F)ccc1NC(=O)c1cccc(C)c1C(=O)N[C@@H](C)CS(C)(=O)=O.Cc1cc(C(F)(C(F)(F)F)C(F)(F)F)ccc1NC(=O)c1cccc(Cl)c1C(=O)N[C@@H](C)CS(C)(=O)=O. The molecule has 0 fully saturated rings. The minimum Gasteiger partial charge on any atom is -0.349 e. The predicted octanol–water partition coefficient (Wildman–Crippen LogP) is 15.8. The largest absolute Gasteiger partial charge is 0.435 e. The van der Waals surface area contributed by atoms with Crippen LogP contribution in [-0.4, -0.2) is 152 Å². The van der Waals surface area contributed by atoms with Gasteiger partial charge in [-0.3, -0.25) is 28.8 Å². The number of aryl methyl sites for hydroxylation is 4. The lowest BCUT2D eigenvalue weighted by Crippen LogP contribution is -2.50. The van der Waals surface area contributed by atoms with E-state index in [-0.39, 0.29) is 106 Å². The fraction of sp³-hybridized carbons (Fsp3) is 0.373. The van der Waals surface area contributed by atoms with Crippen LogP contribution < -0.4 is 31.9 Å². The van der Waals surface area contributed by atoms with Gasteiger partial charge in [0.25, 0.3) is 35.4 Å². The van der Waals surface area contributed by atoms with Gasteiger partial charge in [-0.15, -0.1) is 0 Å². The van der Waals surface area contributed by atoms with Crippen molar-refractivity contribution in [2.75, 3.05) is 52.0 Å². The van der Waals surface area contributed by atoms with Gasteiger partial charge in [-0.2, -0.15) is 79.0 Å². The number of hydrogen-bond donors (Lipinski definition) is 6. The average molecular weight is 1750 g/mol. The fourth-order valence-corrected chi connectivity index (χ4v) is 14.3. The predicted molar refractivity (Wildman–Crippen MR) is 369 cm³/mol. The Balaban J connectivity index is 0.000000351. The Hall–Kier alpha value is -8.71. The molecular formula is C67H63BrClF21N6O12S3. The quantitative estimate of drug-likeness (QED) is 0.0367. The normalized spacial score (nSPS) is 13.7. The maximum atomic E-state index is 14.4. The molecule has 6 rings (SSSR count). The van der Waals surface area contributed by atoms with E-state index in [2.05, 4.69) is 47.8 Å². The van der Waals surface area contributed by atoms with E-state index in [0.717, 1.165) is 39.5 Å². The second kappa shape index (κ2) is 34.7. The molecule has 6 aromatic rings. The number of alkyl halides is 21. The topological polar surface area (TPSA) is 277 Å². The van der Waals surface area contributed by atoms with E-state index in [0.29, 0.717) is 42.0 Å². The third kappa shape index (κ3) is 23.2. The van der Waals surface area contributed by atoms with Crippen LogP contribution in [0.25, 0.3) is 0 Å². The van der Waals surface area contributed by atoms with Gasteiger partial charge in [0, 0.05) is 75.1 Å². The van der Waals surface area contributed by atoms with Crippen LogP contribution in [-0.2, 0) is 46.5 Å². The van der Waals surface area contributed by atoms with E-state index in [4.69, 9.17) is 11.6 Å². The van der Waals surface area contributed by atoms with Gasteiger partial charge in [0.2, 0.25) is 0 Å². The molecule has 0 saturated carbocycles. The Morgan fingerprint density at radius 2 is 0.595 bits per heavy atom. The zero-order valence-corrected chi connectivity index (χ0v) is 63.4. The van der Waals surface area contributed by atoms with Crippen LogP contribution in [0, 0.1) is 27.7 Å². The minimum absolute atomic E-state index is 0.119. The smallest absolute Gasteiger partial charge is 0.349 e. The number of anilines is 3. The Morgan fingerprint density at radius 1 is 0.351 bits per heavy atom. The van der Waals surface area contributed by atoms with Crippen molar-refractivity contribution in [3.63, 3.8) is 0 Å². The van der Waals surface area contributed by atoms with Gasteiger partial charge in [-0.05, 0) is 135 Å². The van der Waals surface area contributed by atoms with E-state index >= 15 is 0 Å². The second-order valence-corrected chi connectivity index (χ2v) is 33.0. The molecule has 6 aromatic carbocycles. The van der Waals surface area contributed by atoms with Crippen LogP contribution in [0.2, 0.25) is 5.02 Å². The molecule has 111 heavy (non-hydrogen) atoms. The number of nitrogens with one attached hydrogen (secondary N) is 6.